The van der Waals surface area contributed by atoms with Crippen molar-refractivity contribution in [1.82, 2.24) is 10.2 Å². The molecule has 1 heterocycles. The van der Waals surface area contributed by atoms with Crippen LogP contribution in [0.2, 0.25) is 0 Å². The molecular formula is C17H29N4S+. The minimum atomic E-state index is 0.831. The van der Waals surface area contributed by atoms with Crippen molar-refractivity contribution in [2.75, 3.05) is 52.2 Å². The Morgan fingerprint density at radius 3 is 2.64 bits per heavy atom. The zero-order valence-corrected chi connectivity index (χ0v) is 14.9. The third-order valence-electron chi connectivity index (χ3n) is 4.09. The van der Waals surface area contributed by atoms with E-state index in [0.717, 1.165) is 24.7 Å². The van der Waals surface area contributed by atoms with Crippen LogP contribution in [0.3, 0.4) is 0 Å². The molecular weight excluding hydrogens is 292 g/mol. The van der Waals surface area contributed by atoms with Crippen molar-refractivity contribution in [2.24, 2.45) is 0 Å². The molecule has 1 aromatic rings. The van der Waals surface area contributed by atoms with Gasteiger partial charge in [-0.2, -0.15) is 0 Å². The van der Waals surface area contributed by atoms with E-state index in [1.807, 2.05) is 0 Å². The van der Waals surface area contributed by atoms with Crippen LogP contribution in [0.1, 0.15) is 18.4 Å². The first kappa shape index (κ1) is 17.0. The fourth-order valence-corrected chi connectivity index (χ4v) is 2.96. The number of thiocarbonyl (C=S) groups is 1. The van der Waals surface area contributed by atoms with Crippen LogP contribution >= 0.6 is 12.2 Å². The largest absolute Gasteiger partial charge is 0.371 e. The second-order valence-electron chi connectivity index (χ2n) is 6.37. The lowest BCUT2D eigenvalue weighted by Gasteiger charge is -2.26. The molecule has 0 aromatic heterocycles. The van der Waals surface area contributed by atoms with Crippen LogP contribution in [0.15, 0.2) is 24.3 Å². The minimum Gasteiger partial charge on any atom is -0.371 e. The topological polar surface area (TPSA) is 22.9 Å². The van der Waals surface area contributed by atoms with Gasteiger partial charge in [0.25, 0.3) is 0 Å². The van der Waals surface area contributed by atoms with Crippen LogP contribution < -0.4 is 15.1 Å². The number of quaternary nitrogens is 1. The predicted octanol–water partition coefficient (Wildman–Crippen LogP) is 0.738. The van der Waals surface area contributed by atoms with Crippen LogP contribution in [0.4, 0.5) is 5.69 Å². The Hall–Kier alpha value is -1.33. The Bertz CT molecular complexity index is 483. The molecule has 0 radical (unpaired) electrons. The summed E-state index contributed by atoms with van der Waals surface area (Å²) in [6, 6.07) is 8.71. The summed E-state index contributed by atoms with van der Waals surface area (Å²) in [7, 11) is 6.38. The van der Waals surface area contributed by atoms with E-state index in [0.29, 0.717) is 0 Å². The number of likely N-dealkylation sites (N-methyl/N-ethyl adjacent to an activating group) is 1. The van der Waals surface area contributed by atoms with Gasteiger partial charge < -0.3 is 20.0 Å². The lowest BCUT2D eigenvalue weighted by atomic mass is 10.1. The average molecular weight is 322 g/mol. The molecule has 122 valence electrons. The van der Waals surface area contributed by atoms with Crippen molar-refractivity contribution in [3.63, 3.8) is 0 Å². The zero-order valence-electron chi connectivity index (χ0n) is 14.1. The van der Waals surface area contributed by atoms with Crippen LogP contribution in [-0.4, -0.2) is 57.3 Å². The maximum atomic E-state index is 5.50. The van der Waals surface area contributed by atoms with Crippen LogP contribution in [0.25, 0.3) is 0 Å². The lowest BCUT2D eigenvalue weighted by molar-refractivity contribution is -0.856. The van der Waals surface area contributed by atoms with Gasteiger partial charge in [0.05, 0.1) is 27.2 Å². The first-order valence-electron chi connectivity index (χ1n) is 8.19. The summed E-state index contributed by atoms with van der Waals surface area (Å²) in [5, 5.41) is 4.18. The Morgan fingerprint density at radius 2 is 1.95 bits per heavy atom. The molecule has 0 amide bonds. The molecule has 0 bridgehead atoms. The van der Waals surface area contributed by atoms with E-state index >= 15 is 0 Å². The van der Waals surface area contributed by atoms with Gasteiger partial charge in [-0.3, -0.25) is 0 Å². The van der Waals surface area contributed by atoms with Crippen molar-refractivity contribution in [3.8, 4) is 0 Å². The summed E-state index contributed by atoms with van der Waals surface area (Å²) < 4.78 is 0. The molecule has 5 heteroatoms. The highest BCUT2D eigenvalue weighted by molar-refractivity contribution is 7.80. The van der Waals surface area contributed by atoms with Crippen molar-refractivity contribution in [1.29, 1.82) is 0 Å². The summed E-state index contributed by atoms with van der Waals surface area (Å²) in [4.78, 5) is 6.06. The summed E-state index contributed by atoms with van der Waals surface area (Å²) in [6.07, 6.45) is 2.61. The van der Waals surface area contributed by atoms with Gasteiger partial charge in [-0.1, -0.05) is 18.2 Å². The molecule has 1 aliphatic rings. The van der Waals surface area contributed by atoms with E-state index in [4.69, 9.17) is 12.2 Å². The van der Waals surface area contributed by atoms with E-state index in [1.54, 1.807) is 0 Å². The van der Waals surface area contributed by atoms with Crippen LogP contribution in [0, 0.1) is 0 Å². The van der Waals surface area contributed by atoms with Crippen molar-refractivity contribution < 1.29 is 4.90 Å². The van der Waals surface area contributed by atoms with E-state index < -0.39 is 0 Å². The maximum absolute atomic E-state index is 5.50. The average Bonchev–Trinajstić information content (AvgIpc) is 3.01. The minimum absolute atomic E-state index is 0.831. The van der Waals surface area contributed by atoms with E-state index in [2.05, 4.69) is 60.5 Å². The summed E-state index contributed by atoms with van der Waals surface area (Å²) in [5.74, 6) is 0. The molecule has 4 nitrogen and oxygen atoms in total. The van der Waals surface area contributed by atoms with Crippen LogP contribution in [0.5, 0.6) is 0 Å². The molecule has 1 fully saturated rings. The Labute approximate surface area is 140 Å². The van der Waals surface area contributed by atoms with Crippen LogP contribution in [-0.2, 0) is 6.54 Å². The third kappa shape index (κ3) is 4.85. The molecule has 0 aliphatic carbocycles. The molecule has 0 saturated carbocycles. The fourth-order valence-electron chi connectivity index (χ4n) is 2.79. The van der Waals surface area contributed by atoms with E-state index in [-0.39, 0.29) is 0 Å². The van der Waals surface area contributed by atoms with Crippen molar-refractivity contribution >= 4 is 23.0 Å². The van der Waals surface area contributed by atoms with Crippen molar-refractivity contribution in [3.05, 3.63) is 29.8 Å². The second-order valence-corrected chi connectivity index (χ2v) is 6.75. The number of nitrogens with one attached hydrogen (secondary N) is 2. The molecule has 2 rings (SSSR count). The molecule has 22 heavy (non-hydrogen) atoms. The second kappa shape index (κ2) is 8.34. The predicted molar refractivity (Wildman–Crippen MR) is 97.6 cm³/mol. The van der Waals surface area contributed by atoms with Gasteiger partial charge in [0, 0.05) is 32.4 Å². The Morgan fingerprint density at radius 1 is 1.27 bits per heavy atom. The number of hydrogen-bond acceptors (Lipinski definition) is 2. The number of anilines is 1. The first-order valence-corrected chi connectivity index (χ1v) is 8.59. The zero-order chi connectivity index (χ0) is 15.9. The molecule has 2 N–H and O–H groups in total. The lowest BCUT2D eigenvalue weighted by Crippen LogP contribution is -3.06. The maximum Gasteiger partial charge on any atom is 0.169 e. The molecule has 0 unspecified atom stereocenters. The number of para-hydroxylation sites is 1. The summed E-state index contributed by atoms with van der Waals surface area (Å²) in [6.45, 7) is 5.19. The quantitative estimate of drug-likeness (QED) is 0.754. The van der Waals surface area contributed by atoms with Crippen molar-refractivity contribution in [2.45, 2.75) is 19.4 Å². The van der Waals surface area contributed by atoms with Gasteiger partial charge in [-0.05, 0) is 36.7 Å². The summed E-state index contributed by atoms with van der Waals surface area (Å²) >= 11 is 5.50. The highest BCUT2D eigenvalue weighted by Gasteiger charge is 2.16. The number of nitrogens with zero attached hydrogens (tertiary/aromatic N) is 2. The highest BCUT2D eigenvalue weighted by atomic mass is 32.1. The number of benzene rings is 1. The van der Waals surface area contributed by atoms with Gasteiger partial charge in [0.15, 0.2) is 5.11 Å². The number of hydrogen-bond donors (Lipinski definition) is 2. The fraction of sp³-hybridized carbons (Fsp3) is 0.588. The normalized spacial score (nSPS) is 14.5. The SMILES string of the molecule is CN(Cc1ccccc1N1CCCC1)C(=S)NCC[NH+](C)C. The smallest absolute Gasteiger partial charge is 0.169 e. The van der Waals surface area contributed by atoms with Gasteiger partial charge in [0.2, 0.25) is 0 Å². The molecule has 0 spiro atoms. The summed E-state index contributed by atoms with van der Waals surface area (Å²) in [5.41, 5.74) is 2.72. The van der Waals surface area contributed by atoms with E-state index in [1.165, 1.54) is 42.1 Å². The highest BCUT2D eigenvalue weighted by Crippen LogP contribution is 2.25. The molecule has 0 atom stereocenters. The molecule has 1 aromatic carbocycles. The Balaban J connectivity index is 1.93. The molecule has 1 aliphatic heterocycles. The first-order chi connectivity index (χ1) is 10.6. The third-order valence-corrected chi connectivity index (χ3v) is 4.55. The molecule has 1 saturated heterocycles. The standard InChI is InChI=1S/C17H28N4S/c1-19(2)13-10-18-17(22)20(3)14-15-8-4-5-9-16(15)21-11-6-7-12-21/h4-5,8-9H,6-7,10-14H2,1-3H3,(H,18,22)/p+1. The number of rotatable bonds is 6. The van der Waals surface area contributed by atoms with Gasteiger partial charge in [-0.15, -0.1) is 0 Å². The van der Waals surface area contributed by atoms with Gasteiger partial charge in [0.1, 0.15) is 0 Å². The van der Waals surface area contributed by atoms with Gasteiger partial charge in [-0.25, -0.2) is 0 Å². The van der Waals surface area contributed by atoms with E-state index in [9.17, 15) is 0 Å². The van der Waals surface area contributed by atoms with Gasteiger partial charge >= 0.3 is 0 Å². The Kier molecular flexibility index (Phi) is 6.46. The monoisotopic (exact) mass is 321 g/mol.